The number of guanidine groups is 1. The van der Waals surface area contributed by atoms with E-state index in [4.69, 9.17) is 20.6 Å². The van der Waals surface area contributed by atoms with Crippen LogP contribution in [-0.2, 0) is 9.53 Å². The summed E-state index contributed by atoms with van der Waals surface area (Å²) >= 11 is 0. The molecule has 0 aromatic heterocycles. The van der Waals surface area contributed by atoms with Crippen molar-refractivity contribution in [3.05, 3.63) is 54.1 Å². The number of carbonyl (C=O) groups excluding carboxylic acids is 2. The molecular formula is C33H46ClN3O4. The molecule has 2 fully saturated rings. The summed E-state index contributed by atoms with van der Waals surface area (Å²) in [6, 6.07) is 15.0. The van der Waals surface area contributed by atoms with E-state index in [0.717, 1.165) is 55.6 Å². The van der Waals surface area contributed by atoms with Crippen LogP contribution in [0.5, 0.6) is 5.75 Å². The number of nitrogens with one attached hydrogen (secondary N) is 2. The molecule has 7 nitrogen and oxygen atoms in total. The Bertz CT molecular complexity index is 1110. The van der Waals surface area contributed by atoms with E-state index in [-0.39, 0.29) is 36.2 Å². The molecule has 0 unspecified atom stereocenters. The number of hydrogen-bond acceptors (Lipinski definition) is 5. The number of halogens is 1. The van der Waals surface area contributed by atoms with Gasteiger partial charge in [0.2, 0.25) is 0 Å². The SMILES string of the molecule is CCCC[C@H]1CC[C@H](COC(=O)c2ccc(-c3ccc(OC(=O)[C@H]4CC[C@H](CNC(=N)N)CC4)cc3)cc2)CC1.Cl. The Balaban J connectivity index is 0.00000462. The predicted octanol–water partition coefficient (Wildman–Crippen LogP) is 7.12. The summed E-state index contributed by atoms with van der Waals surface area (Å²) in [6.07, 6.45) is 12.2. The Hall–Kier alpha value is -3.06. The first-order chi connectivity index (χ1) is 19.4. The standard InChI is InChI=1S/C33H45N3O4.ClH/c1-2-3-4-23-5-7-25(8-6-23)22-39-31(37)28-15-13-26(14-16-28)27-17-19-30(20-18-27)40-32(38)29-11-9-24(10-12-29)21-36-33(34)35;/h13-20,23-25,29H,2-12,21-22H2,1H3,(H4,34,35,36);1H/t23-,24-,25-,29-;. The van der Waals surface area contributed by atoms with Crippen molar-refractivity contribution < 1.29 is 19.1 Å². The van der Waals surface area contributed by atoms with Crippen LogP contribution in [0.2, 0.25) is 0 Å². The zero-order valence-corrected chi connectivity index (χ0v) is 25.1. The average Bonchev–Trinajstić information content (AvgIpc) is 2.99. The van der Waals surface area contributed by atoms with Crippen LogP contribution >= 0.6 is 12.4 Å². The molecule has 224 valence electrons. The van der Waals surface area contributed by atoms with Crippen LogP contribution in [0.3, 0.4) is 0 Å². The van der Waals surface area contributed by atoms with Crippen LogP contribution in [-0.4, -0.2) is 31.0 Å². The van der Waals surface area contributed by atoms with Gasteiger partial charge in [-0.2, -0.15) is 0 Å². The maximum Gasteiger partial charge on any atom is 0.338 e. The lowest BCUT2D eigenvalue weighted by Crippen LogP contribution is -2.36. The van der Waals surface area contributed by atoms with E-state index in [0.29, 0.717) is 36.3 Å². The maximum absolute atomic E-state index is 12.7. The van der Waals surface area contributed by atoms with Gasteiger partial charge in [-0.15, -0.1) is 12.4 Å². The lowest BCUT2D eigenvalue weighted by Gasteiger charge is -2.28. The summed E-state index contributed by atoms with van der Waals surface area (Å²) in [6.45, 7) is 3.44. The van der Waals surface area contributed by atoms with E-state index in [1.165, 1.54) is 32.1 Å². The van der Waals surface area contributed by atoms with Crippen LogP contribution < -0.4 is 15.8 Å². The molecular weight excluding hydrogens is 538 g/mol. The monoisotopic (exact) mass is 583 g/mol. The Labute approximate surface area is 250 Å². The largest absolute Gasteiger partial charge is 0.462 e. The van der Waals surface area contributed by atoms with Crippen molar-refractivity contribution in [2.24, 2.45) is 29.4 Å². The highest BCUT2D eigenvalue weighted by Gasteiger charge is 2.28. The topological polar surface area (TPSA) is 114 Å². The Morgan fingerprint density at radius 3 is 2.00 bits per heavy atom. The Morgan fingerprint density at radius 2 is 1.41 bits per heavy atom. The van der Waals surface area contributed by atoms with E-state index < -0.39 is 0 Å². The average molecular weight is 584 g/mol. The molecule has 2 aromatic rings. The maximum atomic E-state index is 12.7. The second-order valence-electron chi connectivity index (χ2n) is 11.7. The van der Waals surface area contributed by atoms with Gasteiger partial charge in [-0.3, -0.25) is 10.2 Å². The molecule has 41 heavy (non-hydrogen) atoms. The van der Waals surface area contributed by atoms with E-state index in [9.17, 15) is 9.59 Å². The minimum Gasteiger partial charge on any atom is -0.462 e. The van der Waals surface area contributed by atoms with Crippen molar-refractivity contribution in [2.45, 2.75) is 77.6 Å². The molecule has 0 spiro atoms. The first-order valence-corrected chi connectivity index (χ1v) is 15.1. The number of ether oxygens (including phenoxy) is 2. The van der Waals surface area contributed by atoms with Gasteiger partial charge >= 0.3 is 11.9 Å². The van der Waals surface area contributed by atoms with Crippen LogP contribution in [0.15, 0.2) is 48.5 Å². The van der Waals surface area contributed by atoms with Crippen LogP contribution in [0, 0.1) is 29.1 Å². The molecule has 2 aliphatic rings. The molecule has 2 aromatic carbocycles. The number of rotatable bonds is 11. The fourth-order valence-electron chi connectivity index (χ4n) is 6.03. The smallest absolute Gasteiger partial charge is 0.338 e. The molecule has 8 heteroatoms. The van der Waals surface area contributed by atoms with Gasteiger partial charge in [0.1, 0.15) is 5.75 Å². The molecule has 0 heterocycles. The quantitative estimate of drug-likeness (QED) is 0.112. The lowest BCUT2D eigenvalue weighted by atomic mass is 9.80. The molecule has 0 radical (unpaired) electrons. The first kappa shape index (κ1) is 32.5. The third-order valence-electron chi connectivity index (χ3n) is 8.67. The van der Waals surface area contributed by atoms with Gasteiger partial charge in [0.15, 0.2) is 5.96 Å². The summed E-state index contributed by atoms with van der Waals surface area (Å²) < 4.78 is 11.3. The highest BCUT2D eigenvalue weighted by molar-refractivity contribution is 5.90. The summed E-state index contributed by atoms with van der Waals surface area (Å²) in [5, 5.41) is 10.2. The molecule has 2 saturated carbocycles. The van der Waals surface area contributed by atoms with Gasteiger partial charge in [-0.1, -0.05) is 63.3 Å². The summed E-state index contributed by atoms with van der Waals surface area (Å²) in [5.41, 5.74) is 7.90. The number of unbranched alkanes of at least 4 members (excludes halogenated alkanes) is 1. The Morgan fingerprint density at radius 1 is 0.854 bits per heavy atom. The van der Waals surface area contributed by atoms with E-state index in [1.54, 1.807) is 0 Å². The third kappa shape index (κ3) is 10.1. The normalized spacial score (nSPS) is 22.2. The van der Waals surface area contributed by atoms with Crippen molar-refractivity contribution in [1.82, 2.24) is 5.32 Å². The molecule has 0 aliphatic heterocycles. The number of hydrogen-bond donors (Lipinski definition) is 3. The zero-order chi connectivity index (χ0) is 28.3. The lowest BCUT2D eigenvalue weighted by molar-refractivity contribution is -0.140. The third-order valence-corrected chi connectivity index (χ3v) is 8.67. The van der Waals surface area contributed by atoms with Gasteiger partial charge in [0.25, 0.3) is 0 Å². The highest BCUT2D eigenvalue weighted by Crippen LogP contribution is 2.33. The van der Waals surface area contributed by atoms with Crippen molar-refractivity contribution in [1.29, 1.82) is 5.41 Å². The number of nitrogens with two attached hydrogens (primary N) is 1. The second kappa shape index (κ2) is 16.4. The molecule has 0 atom stereocenters. The molecule has 0 saturated heterocycles. The minimum atomic E-state index is -0.258. The van der Waals surface area contributed by atoms with Crippen molar-refractivity contribution in [3.8, 4) is 16.9 Å². The molecule has 0 amide bonds. The predicted molar refractivity (Wildman–Crippen MR) is 165 cm³/mol. The van der Waals surface area contributed by atoms with E-state index in [2.05, 4.69) is 12.2 Å². The van der Waals surface area contributed by atoms with Crippen LogP contribution in [0.1, 0.15) is 87.9 Å². The minimum absolute atomic E-state index is 0. The van der Waals surface area contributed by atoms with Gasteiger partial charge in [0.05, 0.1) is 18.1 Å². The number of carbonyl (C=O) groups is 2. The fourth-order valence-corrected chi connectivity index (χ4v) is 6.03. The zero-order valence-electron chi connectivity index (χ0n) is 24.2. The molecule has 2 aliphatic carbocycles. The highest BCUT2D eigenvalue weighted by atomic mass is 35.5. The van der Waals surface area contributed by atoms with Crippen molar-refractivity contribution >= 4 is 30.3 Å². The van der Waals surface area contributed by atoms with Gasteiger partial charge in [0, 0.05) is 6.54 Å². The van der Waals surface area contributed by atoms with Crippen molar-refractivity contribution in [3.63, 3.8) is 0 Å². The Kier molecular flexibility index (Phi) is 13.0. The summed E-state index contributed by atoms with van der Waals surface area (Å²) in [5.74, 6) is 1.76. The molecule has 0 bridgehead atoms. The second-order valence-corrected chi connectivity index (χ2v) is 11.7. The molecule has 4 N–H and O–H groups in total. The van der Waals surface area contributed by atoms with Crippen LogP contribution in [0.4, 0.5) is 0 Å². The number of esters is 2. The number of benzene rings is 2. The summed E-state index contributed by atoms with van der Waals surface area (Å²) in [7, 11) is 0. The first-order valence-electron chi connectivity index (χ1n) is 15.1. The van der Waals surface area contributed by atoms with Crippen molar-refractivity contribution in [2.75, 3.05) is 13.2 Å². The summed E-state index contributed by atoms with van der Waals surface area (Å²) in [4.78, 5) is 25.3. The van der Waals surface area contributed by atoms with E-state index in [1.807, 2.05) is 48.5 Å². The van der Waals surface area contributed by atoms with E-state index >= 15 is 0 Å². The van der Waals surface area contributed by atoms with Crippen LogP contribution in [0.25, 0.3) is 11.1 Å². The van der Waals surface area contributed by atoms with Gasteiger partial charge in [-0.05, 0) is 91.7 Å². The van der Waals surface area contributed by atoms with Gasteiger partial charge in [-0.25, -0.2) is 4.79 Å². The molecule has 4 rings (SSSR count). The fraction of sp³-hybridized carbons (Fsp3) is 0.545. The van der Waals surface area contributed by atoms with Gasteiger partial charge < -0.3 is 20.5 Å².